The van der Waals surface area contributed by atoms with Crippen LogP contribution in [0.3, 0.4) is 0 Å². The average Bonchev–Trinajstić information content (AvgIpc) is 2.77. The van der Waals surface area contributed by atoms with E-state index in [4.69, 9.17) is 16.3 Å². The fraction of sp³-hybridized carbons (Fsp3) is 0.0400. The van der Waals surface area contributed by atoms with Gasteiger partial charge in [0.1, 0.15) is 17.5 Å². The number of benzene rings is 3. The molecule has 0 N–H and O–H groups in total. The highest BCUT2D eigenvalue weighted by Crippen LogP contribution is 2.25. The number of carbonyl (C=O) groups excluding carboxylic acids is 1. The van der Waals surface area contributed by atoms with Gasteiger partial charge in [0, 0.05) is 22.1 Å². The number of nitrogens with zero attached hydrogens (tertiary/aromatic N) is 1. The van der Waals surface area contributed by atoms with E-state index in [0.29, 0.717) is 16.5 Å². The van der Waals surface area contributed by atoms with Crippen molar-refractivity contribution in [1.29, 1.82) is 0 Å². The lowest BCUT2D eigenvalue weighted by Crippen LogP contribution is -1.99. The van der Waals surface area contributed by atoms with Crippen molar-refractivity contribution in [3.63, 3.8) is 0 Å². The summed E-state index contributed by atoms with van der Waals surface area (Å²) in [7, 11) is 0. The highest BCUT2D eigenvalue weighted by molar-refractivity contribution is 6.30. The molecule has 3 aromatic carbocycles. The Morgan fingerprint density at radius 3 is 2.52 bits per heavy atom. The van der Waals surface area contributed by atoms with E-state index in [1.54, 1.807) is 24.3 Å². The first-order chi connectivity index (χ1) is 14.2. The Bertz CT molecular complexity index is 1190. The lowest BCUT2D eigenvalue weighted by Gasteiger charge is -2.11. The minimum absolute atomic E-state index is 0.0535. The van der Waals surface area contributed by atoms with Crippen LogP contribution >= 0.6 is 11.6 Å². The summed E-state index contributed by atoms with van der Waals surface area (Å²) < 4.78 is 6.00. The third-order valence-electron chi connectivity index (χ3n) is 4.52. The van der Waals surface area contributed by atoms with Crippen molar-refractivity contribution in [2.45, 2.75) is 6.61 Å². The number of ether oxygens (including phenoxy) is 1. The summed E-state index contributed by atoms with van der Waals surface area (Å²) in [6.07, 6.45) is 3.33. The molecular formula is C25H18ClNO2. The Labute approximate surface area is 174 Å². The predicted octanol–water partition coefficient (Wildman–Crippen LogP) is 6.36. The molecule has 0 radical (unpaired) electrons. The van der Waals surface area contributed by atoms with Gasteiger partial charge in [-0.3, -0.25) is 4.79 Å². The van der Waals surface area contributed by atoms with Crippen molar-refractivity contribution >= 4 is 34.4 Å². The Hall–Kier alpha value is -3.43. The molecule has 0 saturated heterocycles. The molecule has 4 heteroatoms. The molecule has 0 aliphatic heterocycles. The van der Waals surface area contributed by atoms with Gasteiger partial charge in [-0.05, 0) is 30.4 Å². The van der Waals surface area contributed by atoms with E-state index in [9.17, 15) is 4.79 Å². The van der Waals surface area contributed by atoms with Crippen LogP contribution in [0, 0.1) is 0 Å². The molecule has 0 saturated carbocycles. The van der Waals surface area contributed by atoms with Crippen molar-refractivity contribution in [2.24, 2.45) is 0 Å². The molecule has 0 atom stereocenters. The van der Waals surface area contributed by atoms with Gasteiger partial charge in [0.15, 0.2) is 5.78 Å². The number of aromatic nitrogens is 1. The predicted molar refractivity (Wildman–Crippen MR) is 117 cm³/mol. The van der Waals surface area contributed by atoms with Crippen LogP contribution in [0.25, 0.3) is 17.0 Å². The van der Waals surface area contributed by atoms with Crippen LogP contribution in [0.2, 0.25) is 5.15 Å². The molecule has 0 aliphatic rings. The number of para-hydroxylation sites is 2. The number of halogens is 1. The third kappa shape index (κ3) is 4.53. The van der Waals surface area contributed by atoms with E-state index in [1.807, 2.05) is 72.8 Å². The number of allylic oxidation sites excluding steroid dienone is 1. The van der Waals surface area contributed by atoms with Crippen LogP contribution in [-0.2, 0) is 6.61 Å². The van der Waals surface area contributed by atoms with Gasteiger partial charge in [-0.1, -0.05) is 78.3 Å². The highest BCUT2D eigenvalue weighted by atomic mass is 35.5. The summed E-state index contributed by atoms with van der Waals surface area (Å²) in [6.45, 7) is 0.286. The maximum Gasteiger partial charge on any atom is 0.185 e. The summed E-state index contributed by atoms with van der Waals surface area (Å²) in [5.41, 5.74) is 3.13. The SMILES string of the molecule is O=C(/C=C/c1ccccc1OCc1cc2ccccc2nc1Cl)c1ccccc1. The van der Waals surface area contributed by atoms with E-state index in [1.165, 1.54) is 0 Å². The number of rotatable bonds is 6. The lowest BCUT2D eigenvalue weighted by atomic mass is 10.1. The third-order valence-corrected chi connectivity index (χ3v) is 4.85. The quantitative estimate of drug-likeness (QED) is 0.215. The highest BCUT2D eigenvalue weighted by Gasteiger charge is 2.08. The standard InChI is InChI=1S/C25H18ClNO2/c26-25-21(16-20-11-4-6-12-22(20)27-25)17-29-24-13-7-5-10-19(24)14-15-23(28)18-8-2-1-3-9-18/h1-16H,17H2/b15-14+. The molecule has 29 heavy (non-hydrogen) atoms. The first-order valence-electron chi connectivity index (χ1n) is 9.24. The Balaban J connectivity index is 1.52. The molecule has 1 aromatic heterocycles. The van der Waals surface area contributed by atoms with Gasteiger partial charge in [-0.15, -0.1) is 0 Å². The van der Waals surface area contributed by atoms with Crippen LogP contribution in [0.1, 0.15) is 21.5 Å². The largest absolute Gasteiger partial charge is 0.488 e. The number of hydrogen-bond acceptors (Lipinski definition) is 3. The van der Waals surface area contributed by atoms with Crippen molar-refractivity contribution in [1.82, 2.24) is 4.98 Å². The number of hydrogen-bond donors (Lipinski definition) is 0. The minimum atomic E-state index is -0.0535. The van der Waals surface area contributed by atoms with E-state index >= 15 is 0 Å². The lowest BCUT2D eigenvalue weighted by molar-refractivity contribution is 0.104. The molecule has 1 heterocycles. The van der Waals surface area contributed by atoms with Gasteiger partial charge in [0.05, 0.1) is 5.52 Å². The number of fused-ring (bicyclic) bond motifs is 1. The molecule has 0 spiro atoms. The molecule has 0 bridgehead atoms. The molecule has 0 fully saturated rings. The second kappa shape index (κ2) is 8.72. The average molecular weight is 400 g/mol. The summed E-state index contributed by atoms with van der Waals surface area (Å²) in [4.78, 5) is 16.8. The zero-order chi connectivity index (χ0) is 20.1. The van der Waals surface area contributed by atoms with E-state index in [-0.39, 0.29) is 12.4 Å². The molecule has 142 valence electrons. The summed E-state index contributed by atoms with van der Waals surface area (Å²) >= 11 is 6.33. The number of carbonyl (C=O) groups is 1. The summed E-state index contributed by atoms with van der Waals surface area (Å²) in [6, 6.07) is 26.6. The van der Waals surface area contributed by atoms with Gasteiger partial charge in [-0.25, -0.2) is 4.98 Å². The van der Waals surface area contributed by atoms with Crippen LogP contribution in [0.5, 0.6) is 5.75 Å². The van der Waals surface area contributed by atoms with Gasteiger partial charge in [-0.2, -0.15) is 0 Å². The maximum atomic E-state index is 12.3. The molecule has 4 rings (SSSR count). The van der Waals surface area contributed by atoms with Crippen LogP contribution in [-0.4, -0.2) is 10.8 Å². The first kappa shape index (κ1) is 18.9. The topological polar surface area (TPSA) is 39.2 Å². The Kier molecular flexibility index (Phi) is 5.68. The van der Waals surface area contributed by atoms with Gasteiger partial charge < -0.3 is 4.74 Å². The Morgan fingerprint density at radius 1 is 0.931 bits per heavy atom. The summed E-state index contributed by atoms with van der Waals surface area (Å²) in [5, 5.41) is 1.44. The molecule has 0 amide bonds. The maximum absolute atomic E-state index is 12.3. The normalized spacial score (nSPS) is 11.1. The molecule has 4 aromatic rings. The minimum Gasteiger partial charge on any atom is -0.488 e. The zero-order valence-electron chi connectivity index (χ0n) is 15.6. The second-order valence-corrected chi connectivity index (χ2v) is 6.88. The van der Waals surface area contributed by atoms with Crippen LogP contribution < -0.4 is 4.74 Å². The molecule has 0 aliphatic carbocycles. The molecular weight excluding hydrogens is 382 g/mol. The van der Waals surface area contributed by atoms with Crippen LogP contribution in [0.4, 0.5) is 0 Å². The fourth-order valence-electron chi connectivity index (χ4n) is 3.01. The second-order valence-electron chi connectivity index (χ2n) is 6.52. The van der Waals surface area contributed by atoms with Crippen molar-refractivity contribution < 1.29 is 9.53 Å². The summed E-state index contributed by atoms with van der Waals surface area (Å²) in [5.74, 6) is 0.621. The fourth-order valence-corrected chi connectivity index (χ4v) is 3.21. The van der Waals surface area contributed by atoms with Crippen molar-refractivity contribution in [2.75, 3.05) is 0 Å². The number of ketones is 1. The van der Waals surface area contributed by atoms with E-state index in [0.717, 1.165) is 22.0 Å². The van der Waals surface area contributed by atoms with Crippen LogP contribution in [0.15, 0.2) is 91.0 Å². The van der Waals surface area contributed by atoms with Gasteiger partial charge in [0.25, 0.3) is 0 Å². The smallest absolute Gasteiger partial charge is 0.185 e. The number of pyridine rings is 1. The molecule has 3 nitrogen and oxygen atoms in total. The van der Waals surface area contributed by atoms with E-state index < -0.39 is 0 Å². The van der Waals surface area contributed by atoms with E-state index in [2.05, 4.69) is 4.98 Å². The monoisotopic (exact) mass is 399 g/mol. The van der Waals surface area contributed by atoms with Crippen molar-refractivity contribution in [3.8, 4) is 5.75 Å². The van der Waals surface area contributed by atoms with Gasteiger partial charge in [0.2, 0.25) is 0 Å². The van der Waals surface area contributed by atoms with Gasteiger partial charge >= 0.3 is 0 Å². The zero-order valence-corrected chi connectivity index (χ0v) is 16.3. The van der Waals surface area contributed by atoms with Crippen molar-refractivity contribution in [3.05, 3.63) is 113 Å². The first-order valence-corrected chi connectivity index (χ1v) is 9.62. The molecule has 0 unspecified atom stereocenters. The Morgan fingerprint density at radius 2 is 1.66 bits per heavy atom.